The topological polar surface area (TPSA) is 50.8 Å². The monoisotopic (exact) mass is 298 g/mol. The lowest BCUT2D eigenvalue weighted by Crippen LogP contribution is -2.42. The second-order valence-electron chi connectivity index (χ2n) is 7.13. The van der Waals surface area contributed by atoms with Crippen molar-refractivity contribution < 1.29 is 14.3 Å². The molecule has 0 aromatic heterocycles. The van der Waals surface area contributed by atoms with Crippen LogP contribution in [0.25, 0.3) is 0 Å². The van der Waals surface area contributed by atoms with E-state index in [2.05, 4.69) is 5.32 Å². The highest BCUT2D eigenvalue weighted by Gasteiger charge is 2.31. The summed E-state index contributed by atoms with van der Waals surface area (Å²) in [6.45, 7) is 9.24. The number of rotatable bonds is 4. The summed E-state index contributed by atoms with van der Waals surface area (Å²) in [6.07, 6.45) is 5.34. The molecule has 0 aliphatic carbocycles. The molecular weight excluding hydrogens is 268 g/mol. The molecule has 2 heterocycles. The average Bonchev–Trinajstić information content (AvgIpc) is 2.86. The Bertz CT molecular complexity index is 335. The van der Waals surface area contributed by atoms with Crippen molar-refractivity contribution in [3.8, 4) is 0 Å². The third kappa shape index (κ3) is 5.47. The molecule has 122 valence electrons. The van der Waals surface area contributed by atoms with Crippen LogP contribution >= 0.6 is 0 Å². The van der Waals surface area contributed by atoms with E-state index in [4.69, 9.17) is 9.47 Å². The van der Waals surface area contributed by atoms with E-state index in [1.165, 1.54) is 6.42 Å². The first-order chi connectivity index (χ1) is 9.96. The number of nitrogens with one attached hydrogen (secondary N) is 1. The fourth-order valence-electron chi connectivity index (χ4n) is 3.05. The van der Waals surface area contributed by atoms with E-state index in [9.17, 15) is 4.79 Å². The van der Waals surface area contributed by atoms with E-state index in [0.29, 0.717) is 12.1 Å². The van der Waals surface area contributed by atoms with E-state index >= 15 is 0 Å². The molecule has 2 fully saturated rings. The number of likely N-dealkylation sites (tertiary alicyclic amines) is 1. The largest absolute Gasteiger partial charge is 0.444 e. The van der Waals surface area contributed by atoms with Crippen LogP contribution in [-0.4, -0.2) is 55.0 Å². The molecule has 2 aliphatic heterocycles. The van der Waals surface area contributed by atoms with Gasteiger partial charge in [-0.2, -0.15) is 0 Å². The van der Waals surface area contributed by atoms with Gasteiger partial charge in [0.2, 0.25) is 0 Å². The van der Waals surface area contributed by atoms with E-state index in [0.717, 1.165) is 52.0 Å². The molecule has 2 unspecified atom stereocenters. The highest BCUT2D eigenvalue weighted by atomic mass is 16.6. The summed E-state index contributed by atoms with van der Waals surface area (Å²) >= 11 is 0. The van der Waals surface area contributed by atoms with E-state index in [1.807, 2.05) is 25.7 Å². The third-order valence-corrected chi connectivity index (χ3v) is 4.08. The maximum absolute atomic E-state index is 12.2. The molecule has 2 rings (SSSR count). The van der Waals surface area contributed by atoms with Gasteiger partial charge >= 0.3 is 6.09 Å². The zero-order chi connectivity index (χ0) is 15.3. The highest BCUT2D eigenvalue weighted by molar-refractivity contribution is 5.68. The lowest BCUT2D eigenvalue weighted by Gasteiger charge is -2.29. The Balaban J connectivity index is 1.72. The molecule has 5 heteroatoms. The van der Waals surface area contributed by atoms with Crippen LogP contribution in [0.5, 0.6) is 0 Å². The van der Waals surface area contributed by atoms with Gasteiger partial charge in [-0.1, -0.05) is 0 Å². The minimum atomic E-state index is -0.415. The molecule has 0 aromatic carbocycles. The van der Waals surface area contributed by atoms with Crippen LogP contribution < -0.4 is 5.32 Å². The van der Waals surface area contributed by atoms with Gasteiger partial charge in [-0.05, 0) is 59.4 Å². The molecule has 0 saturated carbocycles. The molecule has 2 aliphatic rings. The second-order valence-corrected chi connectivity index (χ2v) is 7.13. The summed E-state index contributed by atoms with van der Waals surface area (Å²) in [7, 11) is 0. The van der Waals surface area contributed by atoms with Gasteiger partial charge in [0.1, 0.15) is 5.60 Å². The van der Waals surface area contributed by atoms with Gasteiger partial charge in [-0.15, -0.1) is 0 Å². The van der Waals surface area contributed by atoms with Crippen molar-refractivity contribution in [1.29, 1.82) is 0 Å². The standard InChI is InChI=1S/C16H30N2O3/c1-16(2,3)21-15(19)18-10-4-7-14(18)8-9-17-13-6-5-11-20-12-13/h13-14,17H,4-12H2,1-3H3. The zero-order valence-electron chi connectivity index (χ0n) is 13.7. The SMILES string of the molecule is CC(C)(C)OC(=O)N1CCCC1CCNC1CCCOC1. The van der Waals surface area contributed by atoms with Crippen molar-refractivity contribution in [2.75, 3.05) is 26.3 Å². The van der Waals surface area contributed by atoms with Gasteiger partial charge in [-0.3, -0.25) is 0 Å². The van der Waals surface area contributed by atoms with Gasteiger partial charge in [0.25, 0.3) is 0 Å². The number of nitrogens with zero attached hydrogens (tertiary/aromatic N) is 1. The fraction of sp³-hybridized carbons (Fsp3) is 0.938. The second kappa shape index (κ2) is 7.45. The Labute approximate surface area is 128 Å². The molecule has 0 radical (unpaired) electrons. The predicted molar refractivity (Wildman–Crippen MR) is 82.4 cm³/mol. The molecule has 2 atom stereocenters. The molecule has 21 heavy (non-hydrogen) atoms. The number of carbonyl (C=O) groups excluding carboxylic acids is 1. The van der Waals surface area contributed by atoms with Gasteiger partial charge < -0.3 is 19.7 Å². The minimum Gasteiger partial charge on any atom is -0.444 e. The third-order valence-electron chi connectivity index (χ3n) is 4.08. The lowest BCUT2D eigenvalue weighted by atomic mass is 10.1. The molecule has 1 N–H and O–H groups in total. The Hall–Kier alpha value is -0.810. The number of amides is 1. The van der Waals surface area contributed by atoms with Crippen molar-refractivity contribution in [1.82, 2.24) is 10.2 Å². The Morgan fingerprint density at radius 1 is 1.33 bits per heavy atom. The van der Waals surface area contributed by atoms with Crippen molar-refractivity contribution in [2.45, 2.75) is 70.6 Å². The normalized spacial score (nSPS) is 26.9. The van der Waals surface area contributed by atoms with Crippen LogP contribution in [0.3, 0.4) is 0 Å². The Morgan fingerprint density at radius 3 is 2.81 bits per heavy atom. The molecule has 0 aromatic rings. The quantitative estimate of drug-likeness (QED) is 0.866. The fourth-order valence-corrected chi connectivity index (χ4v) is 3.05. The van der Waals surface area contributed by atoms with Crippen molar-refractivity contribution in [3.63, 3.8) is 0 Å². The number of ether oxygens (including phenoxy) is 2. The van der Waals surface area contributed by atoms with Crippen LogP contribution in [0.15, 0.2) is 0 Å². The zero-order valence-corrected chi connectivity index (χ0v) is 13.7. The number of hydrogen-bond acceptors (Lipinski definition) is 4. The lowest BCUT2D eigenvalue weighted by molar-refractivity contribution is 0.0217. The van der Waals surface area contributed by atoms with Crippen molar-refractivity contribution in [3.05, 3.63) is 0 Å². The Kier molecular flexibility index (Phi) is 5.88. The van der Waals surface area contributed by atoms with Crippen molar-refractivity contribution in [2.24, 2.45) is 0 Å². The summed E-state index contributed by atoms with van der Waals surface area (Å²) in [5.41, 5.74) is -0.415. The van der Waals surface area contributed by atoms with Crippen LogP contribution in [0, 0.1) is 0 Å². The maximum atomic E-state index is 12.2. The van der Waals surface area contributed by atoms with Crippen LogP contribution in [-0.2, 0) is 9.47 Å². The summed E-state index contributed by atoms with van der Waals surface area (Å²) in [5, 5.41) is 3.55. The highest BCUT2D eigenvalue weighted by Crippen LogP contribution is 2.22. The number of hydrogen-bond donors (Lipinski definition) is 1. The summed E-state index contributed by atoms with van der Waals surface area (Å²) in [5.74, 6) is 0. The summed E-state index contributed by atoms with van der Waals surface area (Å²) in [6, 6.07) is 0.798. The molecule has 0 bridgehead atoms. The molecule has 1 amide bonds. The predicted octanol–water partition coefficient (Wildman–Crippen LogP) is 2.54. The minimum absolute atomic E-state index is 0.161. The molecule has 5 nitrogen and oxygen atoms in total. The Morgan fingerprint density at radius 2 is 2.14 bits per heavy atom. The van der Waals surface area contributed by atoms with Crippen LogP contribution in [0.4, 0.5) is 4.79 Å². The first-order valence-electron chi connectivity index (χ1n) is 8.26. The van der Waals surface area contributed by atoms with Gasteiger partial charge in [0.05, 0.1) is 6.61 Å². The summed E-state index contributed by atoms with van der Waals surface area (Å²) < 4.78 is 11.0. The van der Waals surface area contributed by atoms with Gasteiger partial charge in [0, 0.05) is 25.2 Å². The smallest absolute Gasteiger partial charge is 0.410 e. The van der Waals surface area contributed by atoms with Crippen LogP contribution in [0.1, 0.15) is 52.9 Å². The maximum Gasteiger partial charge on any atom is 0.410 e. The van der Waals surface area contributed by atoms with Gasteiger partial charge in [0.15, 0.2) is 0 Å². The van der Waals surface area contributed by atoms with Crippen molar-refractivity contribution >= 4 is 6.09 Å². The van der Waals surface area contributed by atoms with Gasteiger partial charge in [-0.25, -0.2) is 4.79 Å². The first kappa shape index (κ1) is 16.6. The number of carbonyl (C=O) groups is 1. The first-order valence-corrected chi connectivity index (χ1v) is 8.26. The molecule has 0 spiro atoms. The summed E-state index contributed by atoms with van der Waals surface area (Å²) in [4.78, 5) is 14.1. The molecule has 2 saturated heterocycles. The van der Waals surface area contributed by atoms with E-state index < -0.39 is 5.60 Å². The molecular formula is C16H30N2O3. The van der Waals surface area contributed by atoms with E-state index in [-0.39, 0.29) is 6.09 Å². The van der Waals surface area contributed by atoms with Crippen LogP contribution in [0.2, 0.25) is 0 Å². The van der Waals surface area contributed by atoms with E-state index in [1.54, 1.807) is 0 Å². The average molecular weight is 298 g/mol.